The summed E-state index contributed by atoms with van der Waals surface area (Å²) in [5.74, 6) is 0.221. The third kappa shape index (κ3) is 4.71. The van der Waals surface area contributed by atoms with Crippen molar-refractivity contribution < 1.29 is 14.3 Å². The Kier molecular flexibility index (Phi) is 6.44. The van der Waals surface area contributed by atoms with E-state index in [1.54, 1.807) is 4.90 Å². The summed E-state index contributed by atoms with van der Waals surface area (Å²) in [6, 6.07) is 9.92. The van der Waals surface area contributed by atoms with Gasteiger partial charge in [0.15, 0.2) is 0 Å². The molecule has 1 saturated heterocycles. The first-order chi connectivity index (χ1) is 11.1. The SMILES string of the molecule is CCC(C)C(C(=O)NCCCN1CCOC1=O)c1ccccc1. The van der Waals surface area contributed by atoms with Crippen molar-refractivity contribution in [2.24, 2.45) is 5.92 Å². The highest BCUT2D eigenvalue weighted by Crippen LogP contribution is 2.27. The van der Waals surface area contributed by atoms with Gasteiger partial charge in [-0.1, -0.05) is 50.6 Å². The van der Waals surface area contributed by atoms with Crippen LogP contribution in [0.15, 0.2) is 30.3 Å². The lowest BCUT2D eigenvalue weighted by Crippen LogP contribution is -2.35. The standard InChI is InChI=1S/C18H26N2O3/c1-3-14(2)16(15-8-5-4-6-9-15)17(21)19-10-7-11-20-12-13-23-18(20)22/h4-6,8-9,14,16H,3,7,10-13H2,1-2H3,(H,19,21). The number of hydrogen-bond donors (Lipinski definition) is 1. The second kappa shape index (κ2) is 8.56. The zero-order valence-electron chi connectivity index (χ0n) is 14.0. The Balaban J connectivity index is 1.84. The smallest absolute Gasteiger partial charge is 0.409 e. The van der Waals surface area contributed by atoms with Gasteiger partial charge >= 0.3 is 6.09 Å². The van der Waals surface area contributed by atoms with Crippen molar-refractivity contribution in [2.75, 3.05) is 26.2 Å². The maximum Gasteiger partial charge on any atom is 0.409 e. The van der Waals surface area contributed by atoms with Crippen LogP contribution in [0.25, 0.3) is 0 Å². The van der Waals surface area contributed by atoms with Crippen molar-refractivity contribution >= 4 is 12.0 Å². The molecule has 2 rings (SSSR count). The Morgan fingerprint density at radius 3 is 2.70 bits per heavy atom. The summed E-state index contributed by atoms with van der Waals surface area (Å²) in [4.78, 5) is 25.6. The number of ether oxygens (including phenoxy) is 1. The summed E-state index contributed by atoms with van der Waals surface area (Å²) in [6.45, 7) is 6.52. The average Bonchev–Trinajstić information content (AvgIpc) is 2.97. The second-order valence-corrected chi connectivity index (χ2v) is 6.02. The fraction of sp³-hybridized carbons (Fsp3) is 0.556. The minimum Gasteiger partial charge on any atom is -0.448 e. The molecule has 0 aromatic heterocycles. The van der Waals surface area contributed by atoms with Crippen LogP contribution in [-0.2, 0) is 9.53 Å². The zero-order chi connectivity index (χ0) is 16.7. The molecule has 2 unspecified atom stereocenters. The van der Waals surface area contributed by atoms with Gasteiger partial charge in [-0.15, -0.1) is 0 Å². The van der Waals surface area contributed by atoms with Crippen LogP contribution in [0.1, 0.15) is 38.2 Å². The van der Waals surface area contributed by atoms with E-state index in [1.165, 1.54) is 0 Å². The molecule has 0 bridgehead atoms. The molecular weight excluding hydrogens is 292 g/mol. The first-order valence-electron chi connectivity index (χ1n) is 8.37. The van der Waals surface area contributed by atoms with E-state index in [4.69, 9.17) is 4.74 Å². The van der Waals surface area contributed by atoms with Crippen molar-refractivity contribution in [3.05, 3.63) is 35.9 Å². The molecule has 0 spiro atoms. The van der Waals surface area contributed by atoms with E-state index < -0.39 is 0 Å². The fourth-order valence-corrected chi connectivity index (χ4v) is 2.85. The van der Waals surface area contributed by atoms with Crippen LogP contribution in [0.5, 0.6) is 0 Å². The molecule has 1 heterocycles. The van der Waals surface area contributed by atoms with Crippen LogP contribution >= 0.6 is 0 Å². The predicted octanol–water partition coefficient (Wildman–Crippen LogP) is 2.77. The lowest BCUT2D eigenvalue weighted by atomic mass is 9.85. The number of carbonyl (C=O) groups is 2. The van der Waals surface area contributed by atoms with Gasteiger partial charge in [-0.2, -0.15) is 0 Å². The van der Waals surface area contributed by atoms with E-state index in [0.717, 1.165) is 18.4 Å². The van der Waals surface area contributed by atoms with Crippen LogP contribution < -0.4 is 5.32 Å². The van der Waals surface area contributed by atoms with E-state index in [-0.39, 0.29) is 23.8 Å². The molecule has 1 aliphatic rings. The van der Waals surface area contributed by atoms with Gasteiger partial charge in [0, 0.05) is 13.1 Å². The first-order valence-corrected chi connectivity index (χ1v) is 8.37. The molecule has 0 radical (unpaired) electrons. The van der Waals surface area contributed by atoms with E-state index >= 15 is 0 Å². The molecule has 2 atom stereocenters. The lowest BCUT2D eigenvalue weighted by molar-refractivity contribution is -0.123. The van der Waals surface area contributed by atoms with Crippen LogP contribution in [0.3, 0.4) is 0 Å². The second-order valence-electron chi connectivity index (χ2n) is 6.02. The predicted molar refractivity (Wildman–Crippen MR) is 89.2 cm³/mol. The van der Waals surface area contributed by atoms with Crippen LogP contribution in [0.4, 0.5) is 4.79 Å². The Hall–Kier alpha value is -2.04. The molecule has 5 heteroatoms. The van der Waals surface area contributed by atoms with E-state index in [9.17, 15) is 9.59 Å². The number of rotatable bonds is 8. The number of hydrogen-bond acceptors (Lipinski definition) is 3. The topological polar surface area (TPSA) is 58.6 Å². The first kappa shape index (κ1) is 17.3. The Labute approximate surface area is 138 Å². The van der Waals surface area contributed by atoms with Crippen molar-refractivity contribution in [1.29, 1.82) is 0 Å². The number of carbonyl (C=O) groups excluding carboxylic acids is 2. The molecule has 23 heavy (non-hydrogen) atoms. The van der Waals surface area contributed by atoms with Gasteiger partial charge < -0.3 is 15.0 Å². The number of nitrogens with zero attached hydrogens (tertiary/aromatic N) is 1. The number of cyclic esters (lactones) is 1. The molecule has 1 aliphatic heterocycles. The molecule has 0 aliphatic carbocycles. The molecule has 1 N–H and O–H groups in total. The molecule has 1 fully saturated rings. The average molecular weight is 318 g/mol. The summed E-state index contributed by atoms with van der Waals surface area (Å²) in [6.07, 6.45) is 1.44. The molecule has 1 aromatic carbocycles. The van der Waals surface area contributed by atoms with Gasteiger partial charge in [-0.25, -0.2) is 4.79 Å². The quantitative estimate of drug-likeness (QED) is 0.750. The highest BCUT2D eigenvalue weighted by molar-refractivity contribution is 5.83. The number of nitrogens with one attached hydrogen (secondary N) is 1. The highest BCUT2D eigenvalue weighted by Gasteiger charge is 2.25. The summed E-state index contributed by atoms with van der Waals surface area (Å²) in [5, 5.41) is 3.02. The third-order valence-electron chi connectivity index (χ3n) is 4.40. The molecule has 126 valence electrons. The van der Waals surface area contributed by atoms with Crippen molar-refractivity contribution in [3.63, 3.8) is 0 Å². The van der Waals surface area contributed by atoms with Crippen molar-refractivity contribution in [3.8, 4) is 0 Å². The molecule has 2 amide bonds. The number of benzene rings is 1. The van der Waals surface area contributed by atoms with Gasteiger partial charge in [-0.3, -0.25) is 4.79 Å². The van der Waals surface area contributed by atoms with Crippen LogP contribution in [0, 0.1) is 5.92 Å². The van der Waals surface area contributed by atoms with E-state index in [2.05, 4.69) is 19.2 Å². The monoisotopic (exact) mass is 318 g/mol. The minimum absolute atomic E-state index is 0.0644. The van der Waals surface area contributed by atoms with Crippen molar-refractivity contribution in [1.82, 2.24) is 10.2 Å². The molecule has 5 nitrogen and oxygen atoms in total. The lowest BCUT2D eigenvalue weighted by Gasteiger charge is -2.23. The van der Waals surface area contributed by atoms with Gasteiger partial charge in [0.25, 0.3) is 0 Å². The minimum atomic E-state index is -0.252. The van der Waals surface area contributed by atoms with Gasteiger partial charge in [0.05, 0.1) is 12.5 Å². The summed E-state index contributed by atoms with van der Waals surface area (Å²) < 4.78 is 4.89. The fourth-order valence-electron chi connectivity index (χ4n) is 2.85. The van der Waals surface area contributed by atoms with Gasteiger partial charge in [0.2, 0.25) is 5.91 Å². The van der Waals surface area contributed by atoms with Crippen LogP contribution in [-0.4, -0.2) is 43.1 Å². The largest absolute Gasteiger partial charge is 0.448 e. The van der Waals surface area contributed by atoms with E-state index in [0.29, 0.717) is 26.2 Å². The molecule has 1 aromatic rings. The molecular formula is C18H26N2O3. The van der Waals surface area contributed by atoms with E-state index in [1.807, 2.05) is 30.3 Å². The maximum absolute atomic E-state index is 12.6. The van der Waals surface area contributed by atoms with Gasteiger partial charge in [-0.05, 0) is 17.9 Å². The number of amides is 2. The van der Waals surface area contributed by atoms with Crippen LogP contribution in [0.2, 0.25) is 0 Å². The molecule has 0 saturated carbocycles. The Morgan fingerprint density at radius 1 is 1.35 bits per heavy atom. The highest BCUT2D eigenvalue weighted by atomic mass is 16.6. The Bertz CT molecular complexity index is 518. The summed E-state index contributed by atoms with van der Waals surface area (Å²) in [5.41, 5.74) is 1.06. The Morgan fingerprint density at radius 2 is 2.09 bits per heavy atom. The third-order valence-corrected chi connectivity index (χ3v) is 4.40. The maximum atomic E-state index is 12.6. The normalized spacial score (nSPS) is 16.8. The van der Waals surface area contributed by atoms with Gasteiger partial charge in [0.1, 0.15) is 6.61 Å². The van der Waals surface area contributed by atoms with Crippen molar-refractivity contribution in [2.45, 2.75) is 32.6 Å². The summed E-state index contributed by atoms with van der Waals surface area (Å²) >= 11 is 0. The zero-order valence-corrected chi connectivity index (χ0v) is 14.0. The summed E-state index contributed by atoms with van der Waals surface area (Å²) in [7, 11) is 0.